The molecule has 29 heavy (non-hydrogen) atoms. The number of H-pyrrole nitrogens is 1. The molecule has 1 aliphatic heterocycles. The number of aromatic nitrogens is 3. The summed E-state index contributed by atoms with van der Waals surface area (Å²) in [6, 6.07) is 13.0. The first-order valence-electron chi connectivity index (χ1n) is 9.69. The maximum absolute atomic E-state index is 12.8. The maximum Gasteiger partial charge on any atom is 0.237 e. The van der Waals surface area contributed by atoms with E-state index >= 15 is 0 Å². The standard InChI is InChI=1S/C21H24N6O2/c1-26(14-19-24-16-7-2-3-8-17(16)25-19)20(28)12-18-21(29)23-10-11-27(18)13-15-6-4-5-9-22-15/h2-9,18H,10-14H2,1H3,(H,23,29)(H,24,25). The van der Waals surface area contributed by atoms with Crippen LogP contribution in [-0.4, -0.2) is 62.7 Å². The van der Waals surface area contributed by atoms with Gasteiger partial charge in [0.15, 0.2) is 0 Å². The van der Waals surface area contributed by atoms with E-state index in [0.29, 0.717) is 26.2 Å². The fourth-order valence-corrected chi connectivity index (χ4v) is 3.59. The largest absolute Gasteiger partial charge is 0.353 e. The molecule has 2 N–H and O–H groups in total. The van der Waals surface area contributed by atoms with E-state index in [1.165, 1.54) is 0 Å². The number of imidazole rings is 1. The molecule has 1 atom stereocenters. The van der Waals surface area contributed by atoms with E-state index in [1.54, 1.807) is 18.1 Å². The molecule has 0 spiro atoms. The van der Waals surface area contributed by atoms with Gasteiger partial charge in [-0.15, -0.1) is 0 Å². The Bertz CT molecular complexity index is 970. The van der Waals surface area contributed by atoms with E-state index in [0.717, 1.165) is 22.6 Å². The third kappa shape index (κ3) is 4.43. The van der Waals surface area contributed by atoms with Gasteiger partial charge in [-0.25, -0.2) is 4.98 Å². The van der Waals surface area contributed by atoms with Gasteiger partial charge in [0.25, 0.3) is 0 Å². The Labute approximate surface area is 168 Å². The van der Waals surface area contributed by atoms with Gasteiger partial charge < -0.3 is 15.2 Å². The van der Waals surface area contributed by atoms with E-state index in [2.05, 4.69) is 20.3 Å². The number of pyridine rings is 1. The third-order valence-corrected chi connectivity index (χ3v) is 5.15. The molecule has 3 aromatic rings. The van der Waals surface area contributed by atoms with Crippen molar-refractivity contribution in [2.75, 3.05) is 20.1 Å². The summed E-state index contributed by atoms with van der Waals surface area (Å²) < 4.78 is 0. The predicted octanol–water partition coefficient (Wildman–Crippen LogP) is 1.31. The van der Waals surface area contributed by atoms with Crippen molar-refractivity contribution in [1.29, 1.82) is 0 Å². The zero-order valence-electron chi connectivity index (χ0n) is 16.3. The number of nitrogens with zero attached hydrogens (tertiary/aromatic N) is 4. The van der Waals surface area contributed by atoms with E-state index < -0.39 is 6.04 Å². The molecule has 2 aromatic heterocycles. The lowest BCUT2D eigenvalue weighted by Crippen LogP contribution is -2.56. The van der Waals surface area contributed by atoms with Crippen molar-refractivity contribution in [2.45, 2.75) is 25.6 Å². The summed E-state index contributed by atoms with van der Waals surface area (Å²) in [7, 11) is 1.74. The summed E-state index contributed by atoms with van der Waals surface area (Å²) in [5, 5.41) is 2.87. The monoisotopic (exact) mass is 392 g/mol. The summed E-state index contributed by atoms with van der Waals surface area (Å²) in [6.45, 7) is 2.17. The molecule has 1 saturated heterocycles. The zero-order valence-corrected chi connectivity index (χ0v) is 16.3. The molecule has 4 rings (SSSR count). The van der Waals surface area contributed by atoms with Crippen LogP contribution in [0.15, 0.2) is 48.7 Å². The molecule has 0 radical (unpaired) electrons. The molecule has 0 saturated carbocycles. The van der Waals surface area contributed by atoms with Crippen LogP contribution in [0.5, 0.6) is 0 Å². The van der Waals surface area contributed by atoms with E-state index in [1.807, 2.05) is 47.4 Å². The van der Waals surface area contributed by atoms with Gasteiger partial charge >= 0.3 is 0 Å². The van der Waals surface area contributed by atoms with Gasteiger partial charge in [0, 0.05) is 32.9 Å². The van der Waals surface area contributed by atoms with Crippen LogP contribution in [-0.2, 0) is 22.7 Å². The van der Waals surface area contributed by atoms with Gasteiger partial charge in [-0.05, 0) is 24.3 Å². The van der Waals surface area contributed by atoms with Crippen molar-refractivity contribution >= 4 is 22.8 Å². The lowest BCUT2D eigenvalue weighted by Gasteiger charge is -2.35. The Hall–Kier alpha value is -3.26. The number of fused-ring (bicyclic) bond motifs is 1. The number of amides is 2. The Balaban J connectivity index is 1.42. The highest BCUT2D eigenvalue weighted by Crippen LogP contribution is 2.15. The molecule has 8 heteroatoms. The van der Waals surface area contributed by atoms with Crippen LogP contribution in [0.3, 0.4) is 0 Å². The molecule has 1 fully saturated rings. The van der Waals surface area contributed by atoms with Crippen molar-refractivity contribution in [3.05, 3.63) is 60.2 Å². The fourth-order valence-electron chi connectivity index (χ4n) is 3.59. The molecule has 0 aliphatic carbocycles. The Morgan fingerprint density at radius 1 is 1.24 bits per heavy atom. The Kier molecular flexibility index (Phi) is 5.53. The van der Waals surface area contributed by atoms with Gasteiger partial charge in [0.1, 0.15) is 5.82 Å². The highest BCUT2D eigenvalue weighted by Gasteiger charge is 2.32. The third-order valence-electron chi connectivity index (χ3n) is 5.15. The highest BCUT2D eigenvalue weighted by molar-refractivity contribution is 5.88. The van der Waals surface area contributed by atoms with Gasteiger partial charge in [0.05, 0.1) is 35.7 Å². The van der Waals surface area contributed by atoms with Crippen molar-refractivity contribution in [2.24, 2.45) is 0 Å². The average molecular weight is 392 g/mol. The SMILES string of the molecule is CN(Cc1nc2ccccc2[nH]1)C(=O)CC1C(=O)NCCN1Cc1ccccn1. The smallest absolute Gasteiger partial charge is 0.237 e. The number of hydrogen-bond acceptors (Lipinski definition) is 5. The minimum Gasteiger partial charge on any atom is -0.353 e. The van der Waals surface area contributed by atoms with E-state index in [-0.39, 0.29) is 18.2 Å². The second kappa shape index (κ2) is 8.40. The Morgan fingerprint density at radius 3 is 2.86 bits per heavy atom. The minimum absolute atomic E-state index is 0.0986. The number of carbonyl (C=O) groups excluding carboxylic acids is 2. The number of para-hydroxylation sites is 2. The van der Waals surface area contributed by atoms with Crippen LogP contribution in [0.1, 0.15) is 17.9 Å². The van der Waals surface area contributed by atoms with Crippen LogP contribution in [0, 0.1) is 0 Å². The summed E-state index contributed by atoms with van der Waals surface area (Å²) in [5.74, 6) is 0.511. The molecule has 1 aromatic carbocycles. The molecule has 0 bridgehead atoms. The summed E-state index contributed by atoms with van der Waals surface area (Å²) >= 11 is 0. The van der Waals surface area contributed by atoms with Gasteiger partial charge in [0.2, 0.25) is 11.8 Å². The van der Waals surface area contributed by atoms with Crippen molar-refractivity contribution < 1.29 is 9.59 Å². The predicted molar refractivity (Wildman–Crippen MR) is 109 cm³/mol. The van der Waals surface area contributed by atoms with Gasteiger partial charge in [-0.2, -0.15) is 0 Å². The molecule has 8 nitrogen and oxygen atoms in total. The van der Waals surface area contributed by atoms with Crippen LogP contribution in [0.2, 0.25) is 0 Å². The topological polar surface area (TPSA) is 94.2 Å². The number of aromatic amines is 1. The number of rotatable bonds is 6. The summed E-state index contributed by atoms with van der Waals surface area (Å²) in [4.78, 5) is 41.0. The van der Waals surface area contributed by atoms with Crippen molar-refractivity contribution in [3.63, 3.8) is 0 Å². The van der Waals surface area contributed by atoms with Crippen LogP contribution in [0.4, 0.5) is 0 Å². The minimum atomic E-state index is -0.503. The fraction of sp³-hybridized carbons (Fsp3) is 0.333. The molecule has 2 amide bonds. The van der Waals surface area contributed by atoms with Gasteiger partial charge in [-0.3, -0.25) is 19.5 Å². The molecule has 1 aliphatic rings. The van der Waals surface area contributed by atoms with Gasteiger partial charge in [-0.1, -0.05) is 18.2 Å². The first-order valence-corrected chi connectivity index (χ1v) is 9.69. The Morgan fingerprint density at radius 2 is 2.07 bits per heavy atom. The average Bonchev–Trinajstić information content (AvgIpc) is 3.13. The number of benzene rings is 1. The second-order valence-electron chi connectivity index (χ2n) is 7.25. The van der Waals surface area contributed by atoms with Crippen molar-refractivity contribution in [1.82, 2.24) is 30.1 Å². The molecule has 150 valence electrons. The van der Waals surface area contributed by atoms with Crippen LogP contribution < -0.4 is 5.32 Å². The van der Waals surface area contributed by atoms with Crippen LogP contribution >= 0.6 is 0 Å². The van der Waals surface area contributed by atoms with E-state index in [4.69, 9.17) is 0 Å². The first kappa shape index (κ1) is 19.1. The molecular formula is C21H24N6O2. The summed E-state index contributed by atoms with van der Waals surface area (Å²) in [5.41, 5.74) is 2.70. The summed E-state index contributed by atoms with van der Waals surface area (Å²) in [6.07, 6.45) is 1.86. The first-order chi connectivity index (χ1) is 14.1. The number of nitrogens with one attached hydrogen (secondary N) is 2. The quantitative estimate of drug-likeness (QED) is 0.660. The number of carbonyl (C=O) groups is 2. The van der Waals surface area contributed by atoms with Crippen molar-refractivity contribution in [3.8, 4) is 0 Å². The number of piperazine rings is 1. The molecular weight excluding hydrogens is 368 g/mol. The highest BCUT2D eigenvalue weighted by atomic mass is 16.2. The lowest BCUT2D eigenvalue weighted by atomic mass is 10.1. The molecule has 1 unspecified atom stereocenters. The lowest BCUT2D eigenvalue weighted by molar-refractivity contribution is -0.138. The second-order valence-corrected chi connectivity index (χ2v) is 7.25. The normalized spacial score (nSPS) is 17.3. The number of hydrogen-bond donors (Lipinski definition) is 2. The zero-order chi connectivity index (χ0) is 20.2. The van der Waals surface area contributed by atoms with Crippen LogP contribution in [0.25, 0.3) is 11.0 Å². The molecule has 3 heterocycles. The maximum atomic E-state index is 12.8. The van der Waals surface area contributed by atoms with E-state index in [9.17, 15) is 9.59 Å².